The number of sulfonamides is 1. The van der Waals surface area contributed by atoms with E-state index in [0.717, 1.165) is 5.69 Å². The molecule has 0 bridgehead atoms. The average Bonchev–Trinajstić information content (AvgIpc) is 2.39. The van der Waals surface area contributed by atoms with E-state index in [0.29, 0.717) is 25.1 Å². The Hall–Kier alpha value is -1.58. The van der Waals surface area contributed by atoms with Gasteiger partial charge in [-0.05, 0) is 37.6 Å². The van der Waals surface area contributed by atoms with Gasteiger partial charge in [-0.3, -0.25) is 0 Å². The van der Waals surface area contributed by atoms with E-state index in [1.54, 1.807) is 19.1 Å². The molecule has 0 saturated carbocycles. The summed E-state index contributed by atoms with van der Waals surface area (Å²) in [5.41, 5.74) is 1.55. The number of rotatable bonds is 7. The highest BCUT2D eigenvalue weighted by Crippen LogP contribution is 2.08. The standard InChI is InChI=1S/C12H17N3O2S/c1-2-18(16,17)15-9-3-8-14-12-6-4-11(10-13)5-7-12/h4-7,14-15H,2-3,8-9H2,1H3. The van der Waals surface area contributed by atoms with Crippen molar-refractivity contribution in [2.75, 3.05) is 24.2 Å². The number of nitriles is 1. The van der Waals surface area contributed by atoms with Crippen molar-refractivity contribution in [2.45, 2.75) is 13.3 Å². The van der Waals surface area contributed by atoms with Crippen molar-refractivity contribution in [3.05, 3.63) is 29.8 Å². The molecule has 6 heteroatoms. The van der Waals surface area contributed by atoms with Gasteiger partial charge in [0.1, 0.15) is 0 Å². The summed E-state index contributed by atoms with van der Waals surface area (Å²) in [5.74, 6) is 0.107. The van der Waals surface area contributed by atoms with Crippen LogP contribution in [0.1, 0.15) is 18.9 Å². The van der Waals surface area contributed by atoms with Crippen LogP contribution in [0.15, 0.2) is 24.3 Å². The molecule has 0 fully saturated rings. The molecule has 0 spiro atoms. The summed E-state index contributed by atoms with van der Waals surface area (Å²) in [4.78, 5) is 0. The average molecular weight is 267 g/mol. The number of anilines is 1. The topological polar surface area (TPSA) is 82.0 Å². The van der Waals surface area contributed by atoms with E-state index < -0.39 is 10.0 Å². The van der Waals surface area contributed by atoms with Crippen LogP contribution in [-0.2, 0) is 10.0 Å². The fourth-order valence-electron chi connectivity index (χ4n) is 1.31. The minimum atomic E-state index is -3.09. The molecule has 0 aliphatic carbocycles. The van der Waals surface area contributed by atoms with Crippen LogP contribution in [0, 0.1) is 11.3 Å². The molecule has 0 amide bonds. The lowest BCUT2D eigenvalue weighted by atomic mass is 10.2. The third-order valence-electron chi connectivity index (χ3n) is 2.40. The summed E-state index contributed by atoms with van der Waals surface area (Å²) in [7, 11) is -3.09. The summed E-state index contributed by atoms with van der Waals surface area (Å²) in [6.45, 7) is 2.72. The Labute approximate surface area is 108 Å². The van der Waals surface area contributed by atoms with Crippen LogP contribution in [-0.4, -0.2) is 27.3 Å². The molecule has 1 aromatic carbocycles. The Bertz CT molecular complexity index is 503. The van der Waals surface area contributed by atoms with E-state index in [1.165, 1.54) is 0 Å². The highest BCUT2D eigenvalue weighted by Gasteiger charge is 2.03. The van der Waals surface area contributed by atoms with Crippen molar-refractivity contribution in [2.24, 2.45) is 0 Å². The molecule has 0 atom stereocenters. The largest absolute Gasteiger partial charge is 0.385 e. The lowest BCUT2D eigenvalue weighted by molar-refractivity contribution is 0.581. The molecular weight excluding hydrogens is 250 g/mol. The van der Waals surface area contributed by atoms with Gasteiger partial charge in [0.2, 0.25) is 10.0 Å². The number of hydrogen-bond acceptors (Lipinski definition) is 4. The Morgan fingerprint density at radius 2 is 1.89 bits per heavy atom. The van der Waals surface area contributed by atoms with Crippen molar-refractivity contribution in [3.8, 4) is 6.07 Å². The van der Waals surface area contributed by atoms with Crippen LogP contribution in [0.5, 0.6) is 0 Å². The molecule has 0 heterocycles. The molecule has 1 rings (SSSR count). The second kappa shape index (κ2) is 6.99. The maximum atomic E-state index is 11.1. The van der Waals surface area contributed by atoms with Crippen molar-refractivity contribution >= 4 is 15.7 Å². The van der Waals surface area contributed by atoms with Gasteiger partial charge in [0.15, 0.2) is 0 Å². The molecule has 0 saturated heterocycles. The Balaban J connectivity index is 2.24. The first-order valence-electron chi connectivity index (χ1n) is 5.79. The van der Waals surface area contributed by atoms with Gasteiger partial charge in [0, 0.05) is 18.8 Å². The van der Waals surface area contributed by atoms with E-state index >= 15 is 0 Å². The van der Waals surface area contributed by atoms with Gasteiger partial charge < -0.3 is 5.32 Å². The van der Waals surface area contributed by atoms with Gasteiger partial charge in [-0.25, -0.2) is 13.1 Å². The minimum absolute atomic E-state index is 0.107. The first-order valence-corrected chi connectivity index (χ1v) is 7.44. The third-order valence-corrected chi connectivity index (χ3v) is 3.80. The summed E-state index contributed by atoms with van der Waals surface area (Å²) in [5, 5.41) is 11.8. The number of benzene rings is 1. The Morgan fingerprint density at radius 1 is 1.22 bits per heavy atom. The van der Waals surface area contributed by atoms with E-state index in [1.807, 2.05) is 18.2 Å². The predicted octanol–water partition coefficient (Wildman–Crippen LogP) is 1.30. The number of nitrogens with one attached hydrogen (secondary N) is 2. The molecule has 0 unspecified atom stereocenters. The first kappa shape index (κ1) is 14.5. The van der Waals surface area contributed by atoms with Crippen LogP contribution in [0.2, 0.25) is 0 Å². The Kier molecular flexibility index (Phi) is 5.62. The fourth-order valence-corrected chi connectivity index (χ4v) is 1.97. The molecule has 1 aromatic rings. The van der Waals surface area contributed by atoms with Gasteiger partial charge in [0.05, 0.1) is 17.4 Å². The molecule has 2 N–H and O–H groups in total. The number of nitrogens with zero attached hydrogens (tertiary/aromatic N) is 1. The second-order valence-electron chi connectivity index (χ2n) is 3.77. The molecule has 0 aliphatic heterocycles. The van der Waals surface area contributed by atoms with Crippen LogP contribution < -0.4 is 10.0 Å². The molecular formula is C12H17N3O2S. The van der Waals surface area contributed by atoms with Crippen LogP contribution >= 0.6 is 0 Å². The zero-order valence-corrected chi connectivity index (χ0v) is 11.1. The molecule has 0 aliphatic rings. The highest BCUT2D eigenvalue weighted by atomic mass is 32.2. The normalized spacial score (nSPS) is 10.9. The van der Waals surface area contributed by atoms with Gasteiger partial charge >= 0.3 is 0 Å². The van der Waals surface area contributed by atoms with Crippen LogP contribution in [0.4, 0.5) is 5.69 Å². The zero-order chi connectivity index (χ0) is 13.4. The number of hydrogen-bond donors (Lipinski definition) is 2. The fraction of sp³-hybridized carbons (Fsp3) is 0.417. The van der Waals surface area contributed by atoms with Crippen molar-refractivity contribution in [1.82, 2.24) is 4.72 Å². The maximum Gasteiger partial charge on any atom is 0.211 e. The lowest BCUT2D eigenvalue weighted by Crippen LogP contribution is -2.27. The van der Waals surface area contributed by atoms with Crippen molar-refractivity contribution in [3.63, 3.8) is 0 Å². The third kappa shape index (κ3) is 5.17. The molecule has 5 nitrogen and oxygen atoms in total. The summed E-state index contributed by atoms with van der Waals surface area (Å²) < 4.78 is 24.8. The minimum Gasteiger partial charge on any atom is -0.385 e. The highest BCUT2D eigenvalue weighted by molar-refractivity contribution is 7.89. The predicted molar refractivity (Wildman–Crippen MR) is 71.7 cm³/mol. The van der Waals surface area contributed by atoms with Gasteiger partial charge in [-0.1, -0.05) is 0 Å². The monoisotopic (exact) mass is 267 g/mol. The van der Waals surface area contributed by atoms with Crippen molar-refractivity contribution < 1.29 is 8.42 Å². The molecule has 18 heavy (non-hydrogen) atoms. The van der Waals surface area contributed by atoms with E-state index in [2.05, 4.69) is 10.0 Å². The van der Waals surface area contributed by atoms with Crippen LogP contribution in [0.25, 0.3) is 0 Å². The van der Waals surface area contributed by atoms with E-state index in [9.17, 15) is 8.42 Å². The first-order chi connectivity index (χ1) is 8.57. The van der Waals surface area contributed by atoms with Gasteiger partial charge in [0.25, 0.3) is 0 Å². The summed E-state index contributed by atoms with van der Waals surface area (Å²) in [6.07, 6.45) is 0.708. The molecule has 0 radical (unpaired) electrons. The maximum absolute atomic E-state index is 11.1. The second-order valence-corrected chi connectivity index (χ2v) is 5.86. The van der Waals surface area contributed by atoms with Gasteiger partial charge in [-0.2, -0.15) is 5.26 Å². The van der Waals surface area contributed by atoms with E-state index in [4.69, 9.17) is 5.26 Å². The van der Waals surface area contributed by atoms with Crippen LogP contribution in [0.3, 0.4) is 0 Å². The zero-order valence-electron chi connectivity index (χ0n) is 10.3. The summed E-state index contributed by atoms with van der Waals surface area (Å²) >= 11 is 0. The SMILES string of the molecule is CCS(=O)(=O)NCCCNc1ccc(C#N)cc1. The molecule has 0 aromatic heterocycles. The van der Waals surface area contributed by atoms with Crippen molar-refractivity contribution in [1.29, 1.82) is 5.26 Å². The summed E-state index contributed by atoms with van der Waals surface area (Å²) in [6, 6.07) is 9.18. The van der Waals surface area contributed by atoms with Gasteiger partial charge in [-0.15, -0.1) is 0 Å². The Morgan fingerprint density at radius 3 is 2.44 bits per heavy atom. The lowest BCUT2D eigenvalue weighted by Gasteiger charge is -2.07. The smallest absolute Gasteiger partial charge is 0.211 e. The quantitative estimate of drug-likeness (QED) is 0.730. The molecule has 98 valence electrons. The van der Waals surface area contributed by atoms with E-state index in [-0.39, 0.29) is 5.75 Å².